The number of aryl methyl sites for hydroxylation is 2. The lowest BCUT2D eigenvalue weighted by molar-refractivity contribution is -0.117. The molecule has 2 heterocycles. The second kappa shape index (κ2) is 11.1. The van der Waals surface area contributed by atoms with Crippen LogP contribution in [0.1, 0.15) is 27.9 Å². The van der Waals surface area contributed by atoms with E-state index >= 15 is 0 Å². The van der Waals surface area contributed by atoms with Gasteiger partial charge in [0.1, 0.15) is 24.4 Å². The zero-order valence-corrected chi connectivity index (χ0v) is 24.5. The molecular formula is C35H32N4O4. The average Bonchev–Trinajstić information content (AvgIpc) is 3.31. The summed E-state index contributed by atoms with van der Waals surface area (Å²) in [6.07, 6.45) is 1.60. The molecule has 6 rings (SSSR count). The smallest absolute Gasteiger partial charge is 0.265 e. The van der Waals surface area contributed by atoms with Crippen LogP contribution in [0.3, 0.4) is 0 Å². The van der Waals surface area contributed by atoms with Gasteiger partial charge in [-0.2, -0.15) is 0 Å². The zero-order chi connectivity index (χ0) is 30.2. The summed E-state index contributed by atoms with van der Waals surface area (Å²) < 4.78 is 13.3. The van der Waals surface area contributed by atoms with Gasteiger partial charge >= 0.3 is 0 Å². The molecule has 6 aromatic rings. The number of nitrogens with two attached hydrogens (primary N) is 1. The van der Waals surface area contributed by atoms with Gasteiger partial charge in [-0.15, -0.1) is 0 Å². The normalized spacial score (nSPS) is 11.3. The number of aromatic nitrogens is 3. The summed E-state index contributed by atoms with van der Waals surface area (Å²) in [5.74, 6) is 0.873. The Hall–Kier alpha value is -5.37. The van der Waals surface area contributed by atoms with Crippen molar-refractivity contribution in [1.82, 2.24) is 14.5 Å². The number of nitrogens with one attached hydrogen (secondary N) is 1. The summed E-state index contributed by atoms with van der Waals surface area (Å²) in [6, 6.07) is 22.9. The van der Waals surface area contributed by atoms with E-state index in [1.807, 2.05) is 80.6 Å². The van der Waals surface area contributed by atoms with Gasteiger partial charge in [-0.05, 0) is 85.0 Å². The number of rotatable bonds is 8. The van der Waals surface area contributed by atoms with Gasteiger partial charge in [0.05, 0.1) is 35.6 Å². The van der Waals surface area contributed by atoms with Crippen molar-refractivity contribution in [3.63, 3.8) is 0 Å². The molecule has 8 nitrogen and oxygen atoms in total. The number of benzene rings is 4. The molecule has 0 aliphatic carbocycles. The van der Waals surface area contributed by atoms with E-state index in [1.165, 1.54) is 0 Å². The van der Waals surface area contributed by atoms with Gasteiger partial charge in [0, 0.05) is 16.6 Å². The maximum Gasteiger partial charge on any atom is 0.265 e. The van der Waals surface area contributed by atoms with Crippen LogP contribution in [-0.2, 0) is 17.8 Å². The lowest BCUT2D eigenvalue weighted by atomic mass is 9.91. The summed E-state index contributed by atoms with van der Waals surface area (Å²) in [6.45, 7) is 6.36. The van der Waals surface area contributed by atoms with Gasteiger partial charge in [0.25, 0.3) is 5.56 Å². The molecule has 0 aliphatic rings. The molecule has 1 amide bonds. The van der Waals surface area contributed by atoms with Gasteiger partial charge in [-0.3, -0.25) is 14.2 Å². The van der Waals surface area contributed by atoms with E-state index in [0.717, 1.165) is 55.9 Å². The van der Waals surface area contributed by atoms with Gasteiger partial charge < -0.3 is 20.2 Å². The topological polar surface area (TPSA) is 112 Å². The van der Waals surface area contributed by atoms with Crippen LogP contribution in [-0.4, -0.2) is 27.6 Å². The van der Waals surface area contributed by atoms with Crippen molar-refractivity contribution < 1.29 is 14.3 Å². The molecule has 43 heavy (non-hydrogen) atoms. The van der Waals surface area contributed by atoms with Crippen molar-refractivity contribution in [3.8, 4) is 28.3 Å². The van der Waals surface area contributed by atoms with Crippen molar-refractivity contribution in [3.05, 3.63) is 117 Å². The van der Waals surface area contributed by atoms with Gasteiger partial charge in [-0.25, -0.2) is 4.98 Å². The fourth-order valence-corrected chi connectivity index (χ4v) is 5.69. The highest BCUT2D eigenvalue weighted by Crippen LogP contribution is 2.42. The Morgan fingerprint density at radius 2 is 1.72 bits per heavy atom. The quantitative estimate of drug-likeness (QED) is 0.230. The van der Waals surface area contributed by atoms with Crippen molar-refractivity contribution in [2.45, 2.75) is 33.8 Å². The molecule has 0 saturated carbocycles. The molecule has 2 aromatic heterocycles. The monoisotopic (exact) mass is 572 g/mol. The maximum atomic E-state index is 13.5. The van der Waals surface area contributed by atoms with E-state index in [2.05, 4.69) is 16.9 Å². The van der Waals surface area contributed by atoms with E-state index in [0.29, 0.717) is 22.2 Å². The number of carbonyl (C=O) groups excluding carboxylic acids is 1. The number of fused-ring (bicyclic) bond motifs is 2. The van der Waals surface area contributed by atoms with Gasteiger partial charge in [0.15, 0.2) is 0 Å². The first-order chi connectivity index (χ1) is 20.8. The Bertz CT molecular complexity index is 2070. The molecule has 0 spiro atoms. The molecule has 3 N–H and O–H groups in total. The van der Waals surface area contributed by atoms with E-state index in [4.69, 9.17) is 15.2 Å². The van der Waals surface area contributed by atoms with Gasteiger partial charge in [0.2, 0.25) is 5.91 Å². The minimum absolute atomic E-state index is 0.0191. The lowest BCUT2D eigenvalue weighted by Crippen LogP contribution is -2.19. The molecule has 0 unspecified atom stereocenters. The van der Waals surface area contributed by atoms with Crippen molar-refractivity contribution in [2.75, 3.05) is 7.11 Å². The van der Waals surface area contributed by atoms with Crippen LogP contribution in [0.5, 0.6) is 11.5 Å². The highest BCUT2D eigenvalue weighted by molar-refractivity contribution is 6.03. The Labute approximate surface area is 248 Å². The summed E-state index contributed by atoms with van der Waals surface area (Å²) in [5.41, 5.74) is 14.3. The molecule has 0 saturated heterocycles. The number of nitrogens with zero attached hydrogens (tertiary/aromatic N) is 2. The Balaban J connectivity index is 1.54. The first-order valence-corrected chi connectivity index (χ1v) is 14.0. The highest BCUT2D eigenvalue weighted by Gasteiger charge is 2.22. The van der Waals surface area contributed by atoms with Crippen LogP contribution in [0, 0.1) is 20.8 Å². The molecule has 0 aliphatic heterocycles. The first-order valence-electron chi connectivity index (χ1n) is 14.0. The summed E-state index contributed by atoms with van der Waals surface area (Å²) in [7, 11) is 1.63. The van der Waals surface area contributed by atoms with Crippen LogP contribution in [0.15, 0.2) is 83.9 Å². The zero-order valence-electron chi connectivity index (χ0n) is 24.5. The molecule has 0 radical (unpaired) electrons. The predicted molar refractivity (Wildman–Crippen MR) is 169 cm³/mol. The largest absolute Gasteiger partial charge is 0.497 e. The third-order valence-corrected chi connectivity index (χ3v) is 8.07. The predicted octanol–water partition coefficient (Wildman–Crippen LogP) is 6.07. The van der Waals surface area contributed by atoms with Gasteiger partial charge in [-0.1, -0.05) is 36.4 Å². The number of primary amides is 1. The van der Waals surface area contributed by atoms with Crippen LogP contribution < -0.4 is 20.8 Å². The molecule has 8 heteroatoms. The lowest BCUT2D eigenvalue weighted by Gasteiger charge is -2.18. The standard InChI is InChI=1S/C35H32N4O4/c1-20-22(3)38-34-28(17-32(36)40)31(43-18-23-12-14-24(42-4)15-13-23)16-27(33(20)34)25-9-7-11-30(21(25)2)39-19-37-29-10-6-5-8-26(29)35(39)41/h5-16,19,38H,17-18H2,1-4H3,(H2,36,40). The highest BCUT2D eigenvalue weighted by atomic mass is 16.5. The summed E-state index contributed by atoms with van der Waals surface area (Å²) >= 11 is 0. The van der Waals surface area contributed by atoms with E-state index in [1.54, 1.807) is 24.1 Å². The first kappa shape index (κ1) is 27.8. The van der Waals surface area contributed by atoms with Crippen LogP contribution in [0.4, 0.5) is 0 Å². The maximum absolute atomic E-state index is 13.5. The number of carbonyl (C=O) groups is 1. The Morgan fingerprint density at radius 1 is 0.953 bits per heavy atom. The Morgan fingerprint density at radius 3 is 2.47 bits per heavy atom. The third kappa shape index (κ3) is 5.01. The molecule has 0 bridgehead atoms. The fourth-order valence-electron chi connectivity index (χ4n) is 5.69. The number of H-pyrrole nitrogens is 1. The third-order valence-electron chi connectivity index (χ3n) is 8.07. The minimum atomic E-state index is -0.449. The van der Waals surface area contributed by atoms with Crippen LogP contribution in [0.25, 0.3) is 38.6 Å². The second-order valence-corrected chi connectivity index (χ2v) is 10.7. The molecular weight excluding hydrogens is 540 g/mol. The summed E-state index contributed by atoms with van der Waals surface area (Å²) in [4.78, 5) is 33.8. The number of aromatic amines is 1. The van der Waals surface area contributed by atoms with Crippen molar-refractivity contribution in [2.24, 2.45) is 5.73 Å². The minimum Gasteiger partial charge on any atom is -0.497 e. The summed E-state index contributed by atoms with van der Waals surface area (Å²) in [5, 5.41) is 1.54. The van der Waals surface area contributed by atoms with E-state index in [9.17, 15) is 9.59 Å². The number of amides is 1. The van der Waals surface area contributed by atoms with Crippen LogP contribution in [0.2, 0.25) is 0 Å². The number of hydrogen-bond acceptors (Lipinski definition) is 5. The van der Waals surface area contributed by atoms with E-state index < -0.39 is 5.91 Å². The molecule has 0 fully saturated rings. The van der Waals surface area contributed by atoms with Crippen LogP contribution >= 0.6 is 0 Å². The number of para-hydroxylation sites is 1. The van der Waals surface area contributed by atoms with Crippen molar-refractivity contribution in [1.29, 1.82) is 0 Å². The molecule has 4 aromatic carbocycles. The number of ether oxygens (including phenoxy) is 2. The number of methoxy groups -OCH3 is 1. The van der Waals surface area contributed by atoms with Crippen molar-refractivity contribution >= 4 is 27.7 Å². The SMILES string of the molecule is COc1ccc(COc2cc(-c3cccc(-n4cnc5ccccc5c4=O)c3C)c3c(C)c(C)[nH]c3c2CC(N)=O)cc1. The molecule has 0 atom stereocenters. The fraction of sp³-hybridized carbons (Fsp3) is 0.171. The van der Waals surface area contributed by atoms with E-state index in [-0.39, 0.29) is 18.6 Å². The molecule has 216 valence electrons. The second-order valence-electron chi connectivity index (χ2n) is 10.7. The Kier molecular flexibility index (Phi) is 7.19. The average molecular weight is 573 g/mol. The number of hydrogen-bond donors (Lipinski definition) is 2.